The van der Waals surface area contributed by atoms with Gasteiger partial charge in [-0.05, 0) is 69.5 Å². The zero-order chi connectivity index (χ0) is 26.2. The van der Waals surface area contributed by atoms with Crippen molar-refractivity contribution in [3.63, 3.8) is 0 Å². The average molecular weight is 506 g/mol. The maximum absolute atomic E-state index is 12.4. The highest BCUT2D eigenvalue weighted by Gasteiger charge is 2.19. The molecule has 0 unspecified atom stereocenters. The number of anilines is 2. The Morgan fingerprint density at radius 1 is 1.08 bits per heavy atom. The number of benzene rings is 2. The summed E-state index contributed by atoms with van der Waals surface area (Å²) >= 11 is 0. The molecule has 1 aliphatic rings. The number of carbonyl (C=O) groups excluding carboxylic acids is 1. The summed E-state index contributed by atoms with van der Waals surface area (Å²) < 4.78 is 11.6. The number of pyridine rings is 1. The fourth-order valence-corrected chi connectivity index (χ4v) is 4.99. The van der Waals surface area contributed by atoms with Gasteiger partial charge in [-0.2, -0.15) is 0 Å². The number of carbonyl (C=O) groups is 1. The molecule has 1 saturated heterocycles. The van der Waals surface area contributed by atoms with Crippen LogP contribution in [0.25, 0.3) is 10.9 Å². The molecule has 2 aromatic carbocycles. The summed E-state index contributed by atoms with van der Waals surface area (Å²) in [6, 6.07) is 9.98. The summed E-state index contributed by atoms with van der Waals surface area (Å²) in [6.45, 7) is 12.3. The molecule has 37 heavy (non-hydrogen) atoms. The molecule has 1 fully saturated rings. The van der Waals surface area contributed by atoms with Gasteiger partial charge in [0.15, 0.2) is 11.5 Å². The Morgan fingerprint density at radius 2 is 1.81 bits per heavy atom. The first-order chi connectivity index (χ1) is 18.0. The van der Waals surface area contributed by atoms with Crippen molar-refractivity contribution in [2.75, 3.05) is 44.7 Å². The van der Waals surface area contributed by atoms with Crippen molar-refractivity contribution in [2.24, 2.45) is 5.73 Å². The summed E-state index contributed by atoms with van der Waals surface area (Å²) in [5.74, 6) is 0.690. The molecule has 2 heterocycles. The Hall–Kier alpha value is -3.36. The number of nitrogens with one attached hydrogen (secondary N) is 2. The highest BCUT2D eigenvalue weighted by atomic mass is 16.5. The van der Waals surface area contributed by atoms with Crippen LogP contribution in [-0.2, 0) is 13.0 Å². The third kappa shape index (κ3) is 6.32. The minimum Gasteiger partial charge on any atom is -0.490 e. The molecule has 4 rings (SSSR count). The van der Waals surface area contributed by atoms with Gasteiger partial charge in [-0.25, -0.2) is 0 Å². The Morgan fingerprint density at radius 3 is 2.49 bits per heavy atom. The van der Waals surface area contributed by atoms with Gasteiger partial charge in [0.25, 0.3) is 5.91 Å². The van der Waals surface area contributed by atoms with Gasteiger partial charge in [0.2, 0.25) is 0 Å². The molecule has 8 heteroatoms. The van der Waals surface area contributed by atoms with E-state index in [0.29, 0.717) is 41.5 Å². The van der Waals surface area contributed by atoms with Gasteiger partial charge >= 0.3 is 0 Å². The Balaban J connectivity index is 1.66. The summed E-state index contributed by atoms with van der Waals surface area (Å²) in [5.41, 5.74) is 10.8. The van der Waals surface area contributed by atoms with Gasteiger partial charge in [-0.3, -0.25) is 9.78 Å². The summed E-state index contributed by atoms with van der Waals surface area (Å²) in [4.78, 5) is 19.4. The highest BCUT2D eigenvalue weighted by molar-refractivity contribution is 6.08. The quantitative estimate of drug-likeness (QED) is 0.291. The molecule has 8 nitrogen and oxygen atoms in total. The maximum atomic E-state index is 12.4. The molecule has 0 radical (unpaired) electrons. The molecular weight excluding hydrogens is 466 g/mol. The first kappa shape index (κ1) is 26.7. The van der Waals surface area contributed by atoms with Crippen molar-refractivity contribution < 1.29 is 14.3 Å². The van der Waals surface area contributed by atoms with Crippen LogP contribution in [-0.4, -0.2) is 55.2 Å². The van der Waals surface area contributed by atoms with Crippen LogP contribution in [0.5, 0.6) is 11.5 Å². The molecule has 4 N–H and O–H groups in total. The Bertz CT molecular complexity index is 1220. The van der Waals surface area contributed by atoms with Crippen LogP contribution < -0.4 is 25.8 Å². The highest BCUT2D eigenvalue weighted by Crippen LogP contribution is 2.38. The number of amides is 1. The fourth-order valence-electron chi connectivity index (χ4n) is 4.99. The lowest BCUT2D eigenvalue weighted by Crippen LogP contribution is -2.29. The van der Waals surface area contributed by atoms with Crippen molar-refractivity contribution in [3.8, 4) is 11.5 Å². The molecule has 1 aromatic heterocycles. The van der Waals surface area contributed by atoms with E-state index in [1.54, 1.807) is 0 Å². The molecule has 0 spiro atoms. The lowest BCUT2D eigenvalue weighted by atomic mass is 10.0. The fraction of sp³-hybridized carbons (Fsp3) is 0.448. The molecular formula is C29H39N5O3. The van der Waals surface area contributed by atoms with E-state index in [-0.39, 0.29) is 0 Å². The number of hydrogen-bond acceptors (Lipinski definition) is 7. The lowest BCUT2D eigenvalue weighted by molar-refractivity contribution is 0.100. The van der Waals surface area contributed by atoms with Crippen molar-refractivity contribution >= 4 is 28.2 Å². The molecule has 1 amide bonds. The van der Waals surface area contributed by atoms with Gasteiger partial charge in [0, 0.05) is 43.0 Å². The van der Waals surface area contributed by atoms with E-state index in [9.17, 15) is 4.79 Å². The number of primary amides is 1. The molecule has 0 saturated carbocycles. The topological polar surface area (TPSA) is 102 Å². The number of ether oxygens (including phenoxy) is 2. The van der Waals surface area contributed by atoms with Crippen LogP contribution in [0.4, 0.5) is 11.4 Å². The van der Waals surface area contributed by atoms with E-state index >= 15 is 0 Å². The van der Waals surface area contributed by atoms with Crippen molar-refractivity contribution in [2.45, 2.75) is 46.6 Å². The smallest absolute Gasteiger partial charge is 0.252 e. The number of rotatable bonds is 13. The molecule has 0 aliphatic carbocycles. The summed E-state index contributed by atoms with van der Waals surface area (Å²) in [5, 5.41) is 7.90. The van der Waals surface area contributed by atoms with E-state index in [1.165, 1.54) is 43.3 Å². The predicted octanol–water partition coefficient (Wildman–Crippen LogP) is 4.62. The number of likely N-dealkylation sites (tertiary alicyclic amines) is 1. The third-order valence-electron chi connectivity index (χ3n) is 6.80. The second kappa shape index (κ2) is 12.7. The second-order valence-corrected chi connectivity index (χ2v) is 9.24. The van der Waals surface area contributed by atoms with Crippen LogP contribution in [0.3, 0.4) is 0 Å². The van der Waals surface area contributed by atoms with Crippen LogP contribution in [0, 0.1) is 0 Å². The zero-order valence-corrected chi connectivity index (χ0v) is 22.2. The van der Waals surface area contributed by atoms with E-state index in [1.807, 2.05) is 38.1 Å². The van der Waals surface area contributed by atoms with E-state index < -0.39 is 5.91 Å². The van der Waals surface area contributed by atoms with E-state index in [0.717, 1.165) is 37.1 Å². The molecule has 198 valence electrons. The minimum absolute atomic E-state index is 0.329. The number of nitrogens with zero attached hydrogens (tertiary/aromatic N) is 2. The minimum atomic E-state index is -0.540. The zero-order valence-electron chi connectivity index (χ0n) is 22.2. The van der Waals surface area contributed by atoms with E-state index in [2.05, 4.69) is 33.5 Å². The monoisotopic (exact) mass is 505 g/mol. The largest absolute Gasteiger partial charge is 0.490 e. The molecule has 1 aliphatic heterocycles. The van der Waals surface area contributed by atoms with Gasteiger partial charge in [0.1, 0.15) is 0 Å². The first-order valence-electron chi connectivity index (χ1n) is 13.4. The number of nitrogens with two attached hydrogens (primary N) is 1. The van der Waals surface area contributed by atoms with E-state index in [4.69, 9.17) is 15.2 Å². The average Bonchev–Trinajstić information content (AvgIpc) is 3.41. The molecule has 3 aromatic rings. The van der Waals surface area contributed by atoms with Gasteiger partial charge in [-0.1, -0.05) is 19.1 Å². The molecule has 0 atom stereocenters. The van der Waals surface area contributed by atoms with Crippen molar-refractivity contribution in [1.82, 2.24) is 15.2 Å². The van der Waals surface area contributed by atoms with Gasteiger partial charge in [0.05, 0.1) is 30.0 Å². The van der Waals surface area contributed by atoms with Gasteiger partial charge < -0.3 is 30.7 Å². The van der Waals surface area contributed by atoms with Crippen LogP contribution in [0.2, 0.25) is 0 Å². The number of fused-ring (bicyclic) bond motifs is 1. The normalized spacial score (nSPS) is 13.7. The van der Waals surface area contributed by atoms with Gasteiger partial charge in [-0.15, -0.1) is 0 Å². The number of hydrogen-bond donors (Lipinski definition) is 3. The number of aromatic nitrogens is 1. The lowest BCUT2D eigenvalue weighted by Gasteiger charge is -2.20. The third-order valence-corrected chi connectivity index (χ3v) is 6.80. The summed E-state index contributed by atoms with van der Waals surface area (Å²) in [6.07, 6.45) is 4.99. The van der Waals surface area contributed by atoms with Crippen LogP contribution in [0.1, 0.15) is 55.1 Å². The first-order valence-corrected chi connectivity index (χ1v) is 13.4. The molecule has 0 bridgehead atoms. The Kier molecular flexibility index (Phi) is 9.19. The van der Waals surface area contributed by atoms with Crippen molar-refractivity contribution in [3.05, 3.63) is 53.2 Å². The standard InChI is InChI=1S/C29H39N5O3/c1-4-21-20(18-31-12-15-34-13-7-8-14-34)10-9-11-24(21)33-28-22-16-26(36-5-2)27(37-6-3)17-25(22)32-19-23(28)29(30)35/h9-11,16-17,19,31H,4-8,12-15,18H2,1-3H3,(H2,30,35)(H,32,33). The SMILES string of the molecule is CCOc1cc2ncc(C(N)=O)c(Nc3cccc(CNCCN4CCCC4)c3CC)c2cc1OCC. The van der Waals surface area contributed by atoms with Crippen LogP contribution >= 0.6 is 0 Å². The van der Waals surface area contributed by atoms with Crippen LogP contribution in [0.15, 0.2) is 36.5 Å². The summed E-state index contributed by atoms with van der Waals surface area (Å²) in [7, 11) is 0. The second-order valence-electron chi connectivity index (χ2n) is 9.24. The van der Waals surface area contributed by atoms with Crippen molar-refractivity contribution in [1.29, 1.82) is 0 Å². The maximum Gasteiger partial charge on any atom is 0.252 e. The Labute approximate surface area is 219 Å². The predicted molar refractivity (Wildman–Crippen MR) is 149 cm³/mol.